The number of benzene rings is 2. The highest BCUT2D eigenvalue weighted by atomic mass is 16.5. The van der Waals surface area contributed by atoms with E-state index in [0.29, 0.717) is 39.7 Å². The normalized spacial score (nSPS) is 16.8. The fourth-order valence-electron chi connectivity index (χ4n) is 4.07. The van der Waals surface area contributed by atoms with Crippen LogP contribution in [-0.4, -0.2) is 22.8 Å². The lowest BCUT2D eigenvalue weighted by atomic mass is 9.88. The molecule has 0 saturated carbocycles. The number of ether oxygens (including phenoxy) is 2. The molecule has 5 rings (SSSR count). The molecule has 7 nitrogen and oxygen atoms in total. The number of carboxylic acid groups (broad SMARTS) is 1. The van der Waals surface area contributed by atoms with Crippen LogP contribution in [0.5, 0.6) is 11.5 Å². The number of aromatic carboxylic acids is 1. The molecule has 0 radical (unpaired) electrons. The second-order valence-electron chi connectivity index (χ2n) is 7.93. The topological polar surface area (TPSA) is 103 Å². The SMILES string of the molecule is CC(C)=C1Oc2c(ccc3c2[C@@H](c2ccc(-c4cccc(C(=O)O)c4)o2)CC(=O)O3)C1=O. The third-order valence-electron chi connectivity index (χ3n) is 5.57. The standard InChI is InChI=1S/C25H18O7/c1-12(2)23-22(27)15-6-7-19-21(24(15)32-23)16(11-20(26)31-19)18-9-8-17(30-18)13-4-3-5-14(10-13)25(28)29/h3-10,16H,11H2,1-2H3,(H,28,29)/t16-/m1/s1. The molecule has 0 amide bonds. The lowest BCUT2D eigenvalue weighted by Gasteiger charge is -2.24. The molecular formula is C25H18O7. The second-order valence-corrected chi connectivity index (χ2v) is 7.93. The quantitative estimate of drug-likeness (QED) is 0.356. The summed E-state index contributed by atoms with van der Waals surface area (Å²) in [6.07, 6.45) is 0.0211. The van der Waals surface area contributed by atoms with Crippen molar-refractivity contribution < 1.29 is 33.4 Å². The van der Waals surface area contributed by atoms with Crippen molar-refractivity contribution in [1.82, 2.24) is 0 Å². The van der Waals surface area contributed by atoms with Crippen molar-refractivity contribution in [2.45, 2.75) is 26.2 Å². The Morgan fingerprint density at radius 2 is 1.84 bits per heavy atom. The molecule has 0 saturated heterocycles. The van der Waals surface area contributed by atoms with Gasteiger partial charge < -0.3 is 19.0 Å². The molecule has 2 aliphatic rings. The van der Waals surface area contributed by atoms with Crippen LogP contribution < -0.4 is 9.47 Å². The fraction of sp³-hybridized carbons (Fsp3) is 0.160. The van der Waals surface area contributed by atoms with Gasteiger partial charge in [-0.05, 0) is 55.8 Å². The van der Waals surface area contributed by atoms with Gasteiger partial charge in [0.25, 0.3) is 0 Å². The molecule has 1 N–H and O–H groups in total. The van der Waals surface area contributed by atoms with E-state index in [-0.39, 0.29) is 23.5 Å². The number of carbonyl (C=O) groups is 3. The molecular weight excluding hydrogens is 412 g/mol. The first-order chi connectivity index (χ1) is 15.3. The van der Waals surface area contributed by atoms with Crippen LogP contribution in [0.3, 0.4) is 0 Å². The average Bonchev–Trinajstić information content (AvgIpc) is 3.38. The molecule has 1 aromatic heterocycles. The van der Waals surface area contributed by atoms with Crippen molar-refractivity contribution in [2.75, 3.05) is 0 Å². The zero-order valence-corrected chi connectivity index (χ0v) is 17.3. The molecule has 0 unspecified atom stereocenters. The third-order valence-corrected chi connectivity index (χ3v) is 5.57. The van der Waals surface area contributed by atoms with Gasteiger partial charge in [-0.25, -0.2) is 4.79 Å². The van der Waals surface area contributed by atoms with E-state index in [1.54, 1.807) is 50.2 Å². The number of carbonyl (C=O) groups excluding carboxylic acids is 2. The van der Waals surface area contributed by atoms with E-state index in [9.17, 15) is 19.5 Å². The number of carboxylic acids is 1. The Kier molecular flexibility index (Phi) is 4.48. The molecule has 32 heavy (non-hydrogen) atoms. The highest BCUT2D eigenvalue weighted by Crippen LogP contribution is 2.49. The van der Waals surface area contributed by atoms with E-state index in [4.69, 9.17) is 13.9 Å². The van der Waals surface area contributed by atoms with Gasteiger partial charge in [-0.3, -0.25) is 9.59 Å². The van der Waals surface area contributed by atoms with Gasteiger partial charge in [0.15, 0.2) is 5.76 Å². The molecule has 2 aliphatic heterocycles. The summed E-state index contributed by atoms with van der Waals surface area (Å²) >= 11 is 0. The minimum atomic E-state index is -1.03. The largest absolute Gasteiger partial charge is 0.478 e. The van der Waals surface area contributed by atoms with Gasteiger partial charge in [0.1, 0.15) is 23.0 Å². The minimum absolute atomic E-state index is 0.0211. The van der Waals surface area contributed by atoms with Crippen LogP contribution in [0, 0.1) is 0 Å². The number of hydrogen-bond donors (Lipinski definition) is 1. The number of esters is 1. The van der Waals surface area contributed by atoms with Crippen molar-refractivity contribution >= 4 is 17.7 Å². The van der Waals surface area contributed by atoms with E-state index in [1.165, 1.54) is 12.1 Å². The Morgan fingerprint density at radius 1 is 1.03 bits per heavy atom. The molecule has 1 atom stereocenters. The number of allylic oxidation sites excluding steroid dienone is 2. The van der Waals surface area contributed by atoms with Crippen molar-refractivity contribution in [3.8, 4) is 22.8 Å². The molecule has 3 aromatic rings. The number of hydrogen-bond acceptors (Lipinski definition) is 6. The molecule has 0 spiro atoms. The number of rotatable bonds is 3. The predicted octanol–water partition coefficient (Wildman–Crippen LogP) is 4.95. The molecule has 2 aromatic carbocycles. The molecule has 0 fully saturated rings. The lowest BCUT2D eigenvalue weighted by molar-refractivity contribution is -0.135. The van der Waals surface area contributed by atoms with Gasteiger partial charge in [0, 0.05) is 11.1 Å². The zero-order valence-electron chi connectivity index (χ0n) is 17.3. The average molecular weight is 430 g/mol. The zero-order chi connectivity index (χ0) is 22.6. The summed E-state index contributed by atoms with van der Waals surface area (Å²) in [6, 6.07) is 13.1. The van der Waals surface area contributed by atoms with Crippen LogP contribution in [0.2, 0.25) is 0 Å². The van der Waals surface area contributed by atoms with Crippen LogP contribution >= 0.6 is 0 Å². The Hall–Kier alpha value is -4.13. The van der Waals surface area contributed by atoms with Crippen LogP contribution in [0.25, 0.3) is 11.3 Å². The summed E-state index contributed by atoms with van der Waals surface area (Å²) in [4.78, 5) is 36.3. The maximum Gasteiger partial charge on any atom is 0.335 e. The molecule has 0 bridgehead atoms. The molecule has 0 aliphatic carbocycles. The molecule has 7 heteroatoms. The summed E-state index contributed by atoms with van der Waals surface area (Å²) < 4.78 is 17.4. The van der Waals surface area contributed by atoms with Crippen LogP contribution in [-0.2, 0) is 4.79 Å². The smallest absolute Gasteiger partial charge is 0.335 e. The van der Waals surface area contributed by atoms with Gasteiger partial charge in [0.2, 0.25) is 5.78 Å². The Balaban J connectivity index is 1.60. The maximum absolute atomic E-state index is 12.7. The lowest BCUT2D eigenvalue weighted by Crippen LogP contribution is -2.21. The first kappa shape index (κ1) is 19.8. The van der Waals surface area contributed by atoms with Crippen LogP contribution in [0.1, 0.15) is 58.2 Å². The van der Waals surface area contributed by atoms with Gasteiger partial charge >= 0.3 is 11.9 Å². The Bertz CT molecular complexity index is 1340. The first-order valence-electron chi connectivity index (χ1n) is 10.0. The molecule has 3 heterocycles. The number of fused-ring (bicyclic) bond motifs is 3. The maximum atomic E-state index is 12.7. The van der Waals surface area contributed by atoms with Crippen molar-refractivity contribution in [2.24, 2.45) is 0 Å². The summed E-state index contributed by atoms with van der Waals surface area (Å²) in [5, 5.41) is 9.25. The van der Waals surface area contributed by atoms with E-state index >= 15 is 0 Å². The van der Waals surface area contributed by atoms with E-state index in [0.717, 1.165) is 5.57 Å². The monoisotopic (exact) mass is 430 g/mol. The van der Waals surface area contributed by atoms with Gasteiger partial charge in [-0.15, -0.1) is 0 Å². The van der Waals surface area contributed by atoms with Gasteiger partial charge in [-0.2, -0.15) is 0 Å². The van der Waals surface area contributed by atoms with Gasteiger partial charge in [-0.1, -0.05) is 12.1 Å². The first-order valence-corrected chi connectivity index (χ1v) is 10.0. The third kappa shape index (κ3) is 3.10. The van der Waals surface area contributed by atoms with E-state index < -0.39 is 17.9 Å². The van der Waals surface area contributed by atoms with Crippen LogP contribution in [0.4, 0.5) is 0 Å². The highest BCUT2D eigenvalue weighted by molar-refractivity contribution is 6.13. The number of Topliss-reactive ketones (excluding diaryl/α,β-unsaturated/α-hetero) is 1. The number of furan rings is 1. The van der Waals surface area contributed by atoms with Crippen LogP contribution in [0.15, 0.2) is 64.3 Å². The van der Waals surface area contributed by atoms with Gasteiger partial charge in [0.05, 0.1) is 23.5 Å². The highest BCUT2D eigenvalue weighted by Gasteiger charge is 2.40. The number of ketones is 1. The van der Waals surface area contributed by atoms with E-state index in [1.807, 2.05) is 0 Å². The Morgan fingerprint density at radius 3 is 2.59 bits per heavy atom. The van der Waals surface area contributed by atoms with Crippen molar-refractivity contribution in [1.29, 1.82) is 0 Å². The summed E-state index contributed by atoms with van der Waals surface area (Å²) in [7, 11) is 0. The Labute approximate surface area is 182 Å². The summed E-state index contributed by atoms with van der Waals surface area (Å²) in [5.41, 5.74) is 2.51. The minimum Gasteiger partial charge on any atom is -0.478 e. The van der Waals surface area contributed by atoms with Crippen molar-refractivity contribution in [3.63, 3.8) is 0 Å². The van der Waals surface area contributed by atoms with Crippen molar-refractivity contribution in [3.05, 3.63) is 82.3 Å². The predicted molar refractivity (Wildman–Crippen MR) is 113 cm³/mol. The van der Waals surface area contributed by atoms with E-state index in [2.05, 4.69) is 0 Å². The summed E-state index contributed by atoms with van der Waals surface area (Å²) in [6.45, 7) is 3.60. The second kappa shape index (κ2) is 7.23. The molecule has 160 valence electrons. The summed E-state index contributed by atoms with van der Waals surface area (Å²) in [5.74, 6) is -0.215. The fourth-order valence-corrected chi connectivity index (χ4v) is 4.07.